The average molecular weight is 364 g/mol. The first-order valence-electron chi connectivity index (χ1n) is 7.86. The third-order valence-electron chi connectivity index (χ3n) is 4.01. The SMILES string of the molecule is Cc1c(NN=C2C=CC(=[N+]([O-])[O-])C=C2)nc2scc(-c3ccccc3)n12. The van der Waals surface area contributed by atoms with E-state index in [4.69, 9.17) is 0 Å². The van der Waals surface area contributed by atoms with Crippen LogP contribution in [0.1, 0.15) is 5.69 Å². The topological polar surface area (TPSA) is 90.8 Å². The number of allylic oxidation sites excluding steroid dienone is 4. The van der Waals surface area contributed by atoms with Crippen molar-refractivity contribution in [1.82, 2.24) is 9.38 Å². The molecule has 0 unspecified atom stereocenters. The molecule has 0 saturated heterocycles. The Morgan fingerprint density at radius 2 is 1.85 bits per heavy atom. The minimum absolute atomic E-state index is 0.0372. The maximum atomic E-state index is 10.7. The Balaban J connectivity index is 1.63. The number of hydrogen-bond acceptors (Lipinski definition) is 6. The molecule has 26 heavy (non-hydrogen) atoms. The van der Waals surface area contributed by atoms with Gasteiger partial charge in [-0.1, -0.05) is 30.3 Å². The number of rotatable bonds is 3. The minimum atomic E-state index is -0.435. The van der Waals surface area contributed by atoms with Crippen molar-refractivity contribution in [3.63, 3.8) is 0 Å². The molecule has 0 atom stereocenters. The number of hydrogen-bond donors (Lipinski definition) is 1. The van der Waals surface area contributed by atoms with Crippen molar-refractivity contribution in [2.75, 3.05) is 5.43 Å². The maximum Gasteiger partial charge on any atom is 0.222 e. The molecule has 0 saturated carbocycles. The van der Waals surface area contributed by atoms with Crippen molar-refractivity contribution in [2.45, 2.75) is 6.92 Å². The summed E-state index contributed by atoms with van der Waals surface area (Å²) >= 11 is 1.57. The Labute approximate surface area is 153 Å². The fraction of sp³-hybridized carbons (Fsp3) is 0.0556. The normalized spacial score (nSPS) is 13.4. The molecule has 1 N–H and O–H groups in total. The first kappa shape index (κ1) is 16.1. The highest BCUT2D eigenvalue weighted by atomic mass is 32.1. The van der Waals surface area contributed by atoms with Crippen LogP contribution in [-0.4, -0.2) is 25.7 Å². The quantitative estimate of drug-likeness (QED) is 0.436. The molecule has 1 aliphatic carbocycles. The fourth-order valence-electron chi connectivity index (χ4n) is 2.68. The van der Waals surface area contributed by atoms with Crippen molar-refractivity contribution in [2.24, 2.45) is 5.10 Å². The number of aryl methyl sites for hydroxylation is 1. The summed E-state index contributed by atoms with van der Waals surface area (Å²) in [6.07, 6.45) is 6.03. The van der Waals surface area contributed by atoms with E-state index >= 15 is 0 Å². The number of anilines is 1. The number of thiazole rings is 1. The average Bonchev–Trinajstić information content (AvgIpc) is 3.21. The first-order valence-corrected chi connectivity index (χ1v) is 8.74. The molecule has 0 fully saturated rings. The smallest absolute Gasteiger partial charge is 0.222 e. The Kier molecular flexibility index (Phi) is 4.02. The molecule has 4 rings (SSSR count). The van der Waals surface area contributed by atoms with Gasteiger partial charge in [-0.2, -0.15) is 15.0 Å². The fourth-order valence-corrected chi connectivity index (χ4v) is 3.62. The van der Waals surface area contributed by atoms with E-state index in [1.165, 1.54) is 12.2 Å². The molecule has 1 aliphatic rings. The molecule has 8 heteroatoms. The highest BCUT2D eigenvalue weighted by Gasteiger charge is 2.14. The summed E-state index contributed by atoms with van der Waals surface area (Å²) in [6.45, 7) is 1.98. The van der Waals surface area contributed by atoms with Crippen LogP contribution in [0.2, 0.25) is 0 Å². The Hall–Kier alpha value is -3.39. The van der Waals surface area contributed by atoms with Crippen LogP contribution in [0, 0.1) is 17.3 Å². The molecule has 1 aromatic carbocycles. The third kappa shape index (κ3) is 2.86. The number of nitrogens with one attached hydrogen (secondary N) is 1. The molecule has 7 nitrogen and oxygen atoms in total. The third-order valence-corrected chi connectivity index (χ3v) is 4.84. The molecule has 2 heterocycles. The van der Waals surface area contributed by atoms with Crippen LogP contribution in [0.3, 0.4) is 0 Å². The molecular formula is C18H14N5O2S-. The summed E-state index contributed by atoms with van der Waals surface area (Å²) < 4.78 is 2.09. The molecule has 0 aliphatic heterocycles. The van der Waals surface area contributed by atoms with Gasteiger partial charge in [0.2, 0.25) is 5.71 Å². The summed E-state index contributed by atoms with van der Waals surface area (Å²) in [4.78, 5) is 5.03. The van der Waals surface area contributed by atoms with E-state index < -0.39 is 4.90 Å². The molecule has 0 bridgehead atoms. The van der Waals surface area contributed by atoms with Crippen molar-refractivity contribution in [3.05, 3.63) is 76.1 Å². The van der Waals surface area contributed by atoms with Crippen LogP contribution in [-0.2, 0) is 0 Å². The van der Waals surface area contributed by atoms with Gasteiger partial charge in [-0.3, -0.25) is 9.83 Å². The molecule has 2 aromatic heterocycles. The second-order valence-electron chi connectivity index (χ2n) is 5.65. The lowest BCUT2D eigenvalue weighted by molar-refractivity contribution is -0.377. The number of fused-ring (bicyclic) bond motifs is 1. The summed E-state index contributed by atoms with van der Waals surface area (Å²) in [5, 5.41) is 27.8. The largest absolute Gasteiger partial charge is 0.612 e. The van der Waals surface area contributed by atoms with Crippen molar-refractivity contribution in [1.29, 1.82) is 0 Å². The molecular weight excluding hydrogens is 350 g/mol. The lowest BCUT2D eigenvalue weighted by atomic mass is 10.1. The molecule has 130 valence electrons. The maximum absolute atomic E-state index is 10.7. The number of imidazole rings is 1. The van der Waals surface area contributed by atoms with Crippen molar-refractivity contribution in [3.8, 4) is 11.3 Å². The minimum Gasteiger partial charge on any atom is -0.612 e. The van der Waals surface area contributed by atoms with Gasteiger partial charge in [-0.15, -0.1) is 11.3 Å². The van der Waals surface area contributed by atoms with E-state index in [2.05, 4.69) is 37.4 Å². The predicted molar refractivity (Wildman–Crippen MR) is 105 cm³/mol. The Morgan fingerprint density at radius 1 is 1.12 bits per heavy atom. The Morgan fingerprint density at radius 3 is 2.54 bits per heavy atom. The van der Waals surface area contributed by atoms with Crippen LogP contribution in [0.4, 0.5) is 5.82 Å². The van der Waals surface area contributed by atoms with Gasteiger partial charge in [0.05, 0.1) is 17.1 Å². The van der Waals surface area contributed by atoms with Gasteiger partial charge in [0.15, 0.2) is 10.8 Å². The van der Waals surface area contributed by atoms with E-state index in [0.717, 1.165) is 21.9 Å². The van der Waals surface area contributed by atoms with Gasteiger partial charge < -0.3 is 10.4 Å². The monoisotopic (exact) mass is 364 g/mol. The van der Waals surface area contributed by atoms with Crippen molar-refractivity contribution >= 4 is 33.5 Å². The zero-order valence-corrected chi connectivity index (χ0v) is 14.6. The number of hydrazone groups is 1. The van der Waals surface area contributed by atoms with Gasteiger partial charge in [0.25, 0.3) is 0 Å². The summed E-state index contributed by atoms with van der Waals surface area (Å²) in [6, 6.07) is 10.1. The second kappa shape index (κ2) is 6.49. The van der Waals surface area contributed by atoms with E-state index in [1.807, 2.05) is 25.1 Å². The van der Waals surface area contributed by atoms with E-state index in [-0.39, 0.29) is 5.71 Å². The second-order valence-corrected chi connectivity index (χ2v) is 6.48. The molecule has 0 amide bonds. The Bertz CT molecular complexity index is 1070. The lowest BCUT2D eigenvalue weighted by Crippen LogP contribution is -2.10. The summed E-state index contributed by atoms with van der Waals surface area (Å²) in [5.74, 6) is 0.660. The van der Waals surface area contributed by atoms with Crippen LogP contribution in [0.15, 0.2) is 65.1 Å². The van der Waals surface area contributed by atoms with Gasteiger partial charge in [0.1, 0.15) is 0 Å². The number of benzene rings is 1. The van der Waals surface area contributed by atoms with Gasteiger partial charge in [-0.25, -0.2) is 0 Å². The number of nitrogens with zero attached hydrogens (tertiary/aromatic N) is 4. The van der Waals surface area contributed by atoms with Gasteiger partial charge >= 0.3 is 0 Å². The highest BCUT2D eigenvalue weighted by Crippen LogP contribution is 2.30. The first-order chi connectivity index (χ1) is 12.6. The van der Waals surface area contributed by atoms with Crippen LogP contribution < -0.4 is 5.43 Å². The predicted octanol–water partition coefficient (Wildman–Crippen LogP) is 3.71. The molecule has 0 radical (unpaired) electrons. The lowest BCUT2D eigenvalue weighted by Gasteiger charge is -2.07. The number of aromatic nitrogens is 2. The van der Waals surface area contributed by atoms with Gasteiger partial charge in [-0.05, 0) is 24.6 Å². The summed E-state index contributed by atoms with van der Waals surface area (Å²) in [5.41, 5.74) is 6.75. The van der Waals surface area contributed by atoms with Crippen LogP contribution >= 0.6 is 11.3 Å². The zero-order valence-electron chi connectivity index (χ0n) is 13.8. The van der Waals surface area contributed by atoms with Crippen LogP contribution in [0.25, 0.3) is 16.2 Å². The van der Waals surface area contributed by atoms with E-state index in [1.54, 1.807) is 23.5 Å². The standard InChI is InChI=1S/C18H14N5O2S/c1-12-17(21-20-14-7-9-15(10-8-14)23(24)25)19-18-22(12)16(11-26-18)13-5-3-2-4-6-13/h2-11,21H,1H3/q-1. The van der Waals surface area contributed by atoms with Crippen molar-refractivity contribution < 1.29 is 4.90 Å². The molecule has 0 spiro atoms. The highest BCUT2D eigenvalue weighted by molar-refractivity contribution is 7.15. The van der Waals surface area contributed by atoms with Gasteiger partial charge in [0, 0.05) is 17.5 Å². The van der Waals surface area contributed by atoms with Crippen LogP contribution in [0.5, 0.6) is 0 Å². The van der Waals surface area contributed by atoms with E-state index in [9.17, 15) is 10.4 Å². The van der Waals surface area contributed by atoms with E-state index in [0.29, 0.717) is 11.5 Å². The zero-order chi connectivity index (χ0) is 18.1. The summed E-state index contributed by atoms with van der Waals surface area (Å²) in [7, 11) is 0. The molecule has 3 aromatic rings.